The van der Waals surface area contributed by atoms with Crippen molar-refractivity contribution < 1.29 is 4.79 Å². The molecule has 0 aliphatic heterocycles. The maximum Gasteiger partial charge on any atom is 0.234 e. The molecule has 2 nitrogen and oxygen atoms in total. The topological polar surface area (TPSA) is 29.4 Å². The zero-order chi connectivity index (χ0) is 9.97. The number of fused-ring (bicyclic) bond motifs is 1. The minimum Gasteiger partial charge on any atom is -0.211 e. The molecule has 1 aromatic rings. The van der Waals surface area contributed by atoms with E-state index in [1.165, 1.54) is 16.7 Å². The van der Waals surface area contributed by atoms with Crippen LogP contribution in [0.1, 0.15) is 29.0 Å². The van der Waals surface area contributed by atoms with Crippen LogP contribution in [0.25, 0.3) is 0 Å². The van der Waals surface area contributed by atoms with Gasteiger partial charge in [0.1, 0.15) is 0 Å². The predicted molar refractivity (Wildman–Crippen MR) is 55.2 cm³/mol. The van der Waals surface area contributed by atoms with E-state index in [9.17, 15) is 4.79 Å². The fourth-order valence-electron chi connectivity index (χ4n) is 2.26. The zero-order valence-electron chi connectivity index (χ0n) is 8.29. The molecule has 14 heavy (non-hydrogen) atoms. The van der Waals surface area contributed by atoms with Crippen molar-refractivity contribution in [1.29, 1.82) is 0 Å². The molecule has 0 saturated carbocycles. The monoisotopic (exact) mass is 187 g/mol. The molecule has 0 fully saturated rings. The molecule has 72 valence electrons. The Morgan fingerprint density at radius 2 is 2.43 bits per heavy atom. The standard InChI is InChI=1S/C12H13NO/c1-9-3-2-4-12-10(7-13-8-14)5-6-11(9)12/h2-4,10H,5-7H2,1H3. The number of nitrogens with zero attached hydrogens (tertiary/aromatic N) is 1. The van der Waals surface area contributed by atoms with Crippen molar-refractivity contribution in [2.24, 2.45) is 4.99 Å². The summed E-state index contributed by atoms with van der Waals surface area (Å²) in [5.74, 6) is 0.436. The highest BCUT2D eigenvalue weighted by Gasteiger charge is 2.22. The highest BCUT2D eigenvalue weighted by atomic mass is 16.1. The van der Waals surface area contributed by atoms with Gasteiger partial charge in [-0.3, -0.25) is 0 Å². The highest BCUT2D eigenvalue weighted by Crippen LogP contribution is 2.34. The molecular formula is C12H13NO. The maximum atomic E-state index is 10.0. The first-order valence-electron chi connectivity index (χ1n) is 4.95. The summed E-state index contributed by atoms with van der Waals surface area (Å²) >= 11 is 0. The van der Waals surface area contributed by atoms with Gasteiger partial charge in [-0.2, -0.15) is 0 Å². The average molecular weight is 187 g/mol. The second-order valence-electron chi connectivity index (χ2n) is 3.81. The number of benzene rings is 1. The van der Waals surface area contributed by atoms with Gasteiger partial charge in [-0.1, -0.05) is 18.2 Å². The number of hydrogen-bond donors (Lipinski definition) is 0. The first-order valence-corrected chi connectivity index (χ1v) is 4.95. The third-order valence-corrected chi connectivity index (χ3v) is 3.01. The molecule has 1 aliphatic carbocycles. The predicted octanol–water partition coefficient (Wildman–Crippen LogP) is 2.36. The number of isocyanates is 1. The van der Waals surface area contributed by atoms with Crippen molar-refractivity contribution in [2.75, 3.05) is 6.54 Å². The third kappa shape index (κ3) is 1.49. The smallest absolute Gasteiger partial charge is 0.211 e. The summed E-state index contributed by atoms with van der Waals surface area (Å²) in [4.78, 5) is 13.7. The van der Waals surface area contributed by atoms with Gasteiger partial charge in [-0.25, -0.2) is 9.79 Å². The summed E-state index contributed by atoms with van der Waals surface area (Å²) in [6, 6.07) is 6.38. The van der Waals surface area contributed by atoms with Gasteiger partial charge in [-0.15, -0.1) is 0 Å². The maximum absolute atomic E-state index is 10.0. The van der Waals surface area contributed by atoms with Crippen molar-refractivity contribution in [3.63, 3.8) is 0 Å². The first-order chi connectivity index (χ1) is 6.83. The Labute approximate surface area is 83.7 Å². The van der Waals surface area contributed by atoms with Gasteiger partial charge in [0.05, 0.1) is 6.54 Å². The van der Waals surface area contributed by atoms with E-state index in [0.29, 0.717) is 12.5 Å². The van der Waals surface area contributed by atoms with E-state index in [1.807, 2.05) is 0 Å². The number of rotatable bonds is 2. The van der Waals surface area contributed by atoms with E-state index in [1.54, 1.807) is 6.08 Å². The van der Waals surface area contributed by atoms with Crippen LogP contribution in [-0.4, -0.2) is 12.6 Å². The van der Waals surface area contributed by atoms with Gasteiger partial charge in [-0.05, 0) is 36.5 Å². The summed E-state index contributed by atoms with van der Waals surface area (Å²) in [6.07, 6.45) is 3.86. The van der Waals surface area contributed by atoms with Gasteiger partial charge in [0, 0.05) is 5.92 Å². The quantitative estimate of drug-likeness (QED) is 0.516. The first kappa shape index (κ1) is 9.17. The Morgan fingerprint density at radius 1 is 1.57 bits per heavy atom. The number of aryl methyl sites for hydroxylation is 1. The van der Waals surface area contributed by atoms with Gasteiger partial charge >= 0.3 is 0 Å². The summed E-state index contributed by atoms with van der Waals surface area (Å²) in [5, 5.41) is 0. The Hall–Kier alpha value is -1.40. The highest BCUT2D eigenvalue weighted by molar-refractivity contribution is 5.41. The van der Waals surface area contributed by atoms with E-state index in [-0.39, 0.29) is 0 Å². The van der Waals surface area contributed by atoms with Crippen molar-refractivity contribution >= 4 is 6.08 Å². The molecule has 0 radical (unpaired) electrons. The van der Waals surface area contributed by atoms with Crippen molar-refractivity contribution in [2.45, 2.75) is 25.7 Å². The van der Waals surface area contributed by atoms with Crippen LogP contribution in [0.4, 0.5) is 0 Å². The zero-order valence-corrected chi connectivity index (χ0v) is 8.29. The fourth-order valence-corrected chi connectivity index (χ4v) is 2.26. The van der Waals surface area contributed by atoms with E-state index < -0.39 is 0 Å². The molecule has 2 rings (SSSR count). The minimum atomic E-state index is 0.436. The van der Waals surface area contributed by atoms with Crippen molar-refractivity contribution in [1.82, 2.24) is 0 Å². The molecule has 1 aromatic carbocycles. The van der Waals surface area contributed by atoms with Crippen molar-refractivity contribution in [3.8, 4) is 0 Å². The van der Waals surface area contributed by atoms with E-state index >= 15 is 0 Å². The van der Waals surface area contributed by atoms with Crippen LogP contribution < -0.4 is 0 Å². The summed E-state index contributed by atoms with van der Waals surface area (Å²) in [5.41, 5.74) is 4.20. The average Bonchev–Trinajstić information content (AvgIpc) is 2.60. The molecule has 2 heteroatoms. The summed E-state index contributed by atoms with van der Waals surface area (Å²) in [7, 11) is 0. The molecule has 0 heterocycles. The Morgan fingerprint density at radius 3 is 3.21 bits per heavy atom. The Bertz CT molecular complexity index is 391. The van der Waals surface area contributed by atoms with Crippen LogP contribution in [0.2, 0.25) is 0 Å². The second-order valence-corrected chi connectivity index (χ2v) is 3.81. The van der Waals surface area contributed by atoms with E-state index in [2.05, 4.69) is 30.1 Å². The Balaban J connectivity index is 2.30. The molecule has 1 atom stereocenters. The van der Waals surface area contributed by atoms with Crippen LogP contribution in [-0.2, 0) is 11.2 Å². The van der Waals surface area contributed by atoms with Crippen LogP contribution in [0.3, 0.4) is 0 Å². The Kier molecular flexibility index (Phi) is 2.47. The largest absolute Gasteiger partial charge is 0.234 e. The van der Waals surface area contributed by atoms with Gasteiger partial charge in [0.25, 0.3) is 0 Å². The van der Waals surface area contributed by atoms with Crippen LogP contribution in [0.15, 0.2) is 23.2 Å². The van der Waals surface area contributed by atoms with E-state index in [0.717, 1.165) is 12.8 Å². The van der Waals surface area contributed by atoms with Gasteiger partial charge in [0.15, 0.2) is 0 Å². The number of carbonyl (C=O) groups excluding carboxylic acids is 1. The number of hydrogen-bond acceptors (Lipinski definition) is 2. The molecule has 1 unspecified atom stereocenters. The summed E-state index contributed by atoms with van der Waals surface area (Å²) < 4.78 is 0. The number of aliphatic imine (C=N–C) groups is 1. The molecule has 0 saturated heterocycles. The molecule has 0 N–H and O–H groups in total. The van der Waals surface area contributed by atoms with Gasteiger partial charge < -0.3 is 0 Å². The lowest BCUT2D eigenvalue weighted by Gasteiger charge is -2.07. The lowest BCUT2D eigenvalue weighted by Crippen LogP contribution is -1.97. The van der Waals surface area contributed by atoms with Crippen LogP contribution in [0, 0.1) is 6.92 Å². The second kappa shape index (κ2) is 3.77. The summed E-state index contributed by atoms with van der Waals surface area (Å²) in [6.45, 7) is 2.74. The molecule has 0 aromatic heterocycles. The molecule has 0 bridgehead atoms. The van der Waals surface area contributed by atoms with Crippen LogP contribution >= 0.6 is 0 Å². The third-order valence-electron chi connectivity index (χ3n) is 3.01. The normalized spacial score (nSPS) is 18.8. The molecule has 1 aliphatic rings. The SMILES string of the molecule is Cc1cccc2c1CCC2CN=C=O. The van der Waals surface area contributed by atoms with Crippen LogP contribution in [0.5, 0.6) is 0 Å². The fraction of sp³-hybridized carbons (Fsp3) is 0.417. The van der Waals surface area contributed by atoms with Crippen molar-refractivity contribution in [3.05, 3.63) is 34.9 Å². The molecule has 0 amide bonds. The molecular weight excluding hydrogens is 174 g/mol. The van der Waals surface area contributed by atoms with Gasteiger partial charge in [0.2, 0.25) is 6.08 Å². The van der Waals surface area contributed by atoms with E-state index in [4.69, 9.17) is 0 Å². The molecule has 0 spiro atoms. The lowest BCUT2D eigenvalue weighted by atomic mass is 9.99. The lowest BCUT2D eigenvalue weighted by molar-refractivity contribution is 0.560. The minimum absolute atomic E-state index is 0.436.